The van der Waals surface area contributed by atoms with Crippen LogP contribution >= 0.6 is 0 Å². The van der Waals surface area contributed by atoms with Gasteiger partial charge >= 0.3 is 5.97 Å². The summed E-state index contributed by atoms with van der Waals surface area (Å²) in [5.41, 5.74) is 0. The fraction of sp³-hybridized carbons (Fsp3) is 0.939. The molecule has 0 aliphatic rings. The van der Waals surface area contributed by atoms with Crippen LogP contribution in [0.2, 0.25) is 0 Å². The number of amides is 1. The number of hydrogen-bond donors (Lipinski definition) is 3. The zero-order valence-electron chi connectivity index (χ0n) is 48.9. The van der Waals surface area contributed by atoms with Crippen LogP contribution in [0.4, 0.5) is 0 Å². The van der Waals surface area contributed by atoms with Gasteiger partial charge in [0.1, 0.15) is 0 Å². The molecular formula is C66H129NO5. The van der Waals surface area contributed by atoms with E-state index in [1.165, 1.54) is 295 Å². The van der Waals surface area contributed by atoms with Gasteiger partial charge in [-0.05, 0) is 51.4 Å². The molecule has 0 radical (unpaired) electrons. The number of carbonyl (C=O) groups is 2. The summed E-state index contributed by atoms with van der Waals surface area (Å²) >= 11 is 0. The first kappa shape index (κ1) is 70.6. The number of ether oxygens (including phenoxy) is 1. The smallest absolute Gasteiger partial charge is 0.305 e. The van der Waals surface area contributed by atoms with Gasteiger partial charge in [-0.1, -0.05) is 321 Å². The molecule has 0 fully saturated rings. The van der Waals surface area contributed by atoms with Crippen molar-refractivity contribution in [1.82, 2.24) is 5.32 Å². The predicted octanol–water partition coefficient (Wildman–Crippen LogP) is 20.8. The van der Waals surface area contributed by atoms with Crippen molar-refractivity contribution in [2.45, 2.75) is 386 Å². The summed E-state index contributed by atoms with van der Waals surface area (Å²) in [6, 6.07) is -0.546. The SMILES string of the molecule is CCCCCCCC/C=C\CCCCCCCCCCCC(=O)OCCCCCCCCCCCCCCCCCCCC(=O)NC(CO)C(O)CCCCCCCCCCCCCCCCCCCCC. The lowest BCUT2D eigenvalue weighted by Gasteiger charge is -2.22. The van der Waals surface area contributed by atoms with Crippen LogP contribution in [0.1, 0.15) is 373 Å². The first-order chi connectivity index (χ1) is 35.5. The third-order valence-corrected chi connectivity index (χ3v) is 15.6. The van der Waals surface area contributed by atoms with E-state index in [1.54, 1.807) is 0 Å². The van der Waals surface area contributed by atoms with Gasteiger partial charge in [0.15, 0.2) is 0 Å². The van der Waals surface area contributed by atoms with Crippen molar-refractivity contribution < 1.29 is 24.5 Å². The van der Waals surface area contributed by atoms with E-state index >= 15 is 0 Å². The third kappa shape index (κ3) is 57.9. The Morgan fingerprint density at radius 1 is 0.375 bits per heavy atom. The van der Waals surface area contributed by atoms with Gasteiger partial charge in [0, 0.05) is 12.8 Å². The monoisotopic (exact) mass is 1020 g/mol. The van der Waals surface area contributed by atoms with Gasteiger partial charge in [0.05, 0.1) is 25.4 Å². The Kier molecular flexibility index (Phi) is 60.9. The zero-order valence-corrected chi connectivity index (χ0v) is 48.9. The molecule has 0 aromatic carbocycles. The molecule has 0 aromatic heterocycles. The van der Waals surface area contributed by atoms with E-state index in [0.29, 0.717) is 25.9 Å². The van der Waals surface area contributed by atoms with Crippen molar-refractivity contribution >= 4 is 11.9 Å². The van der Waals surface area contributed by atoms with Crippen molar-refractivity contribution in [2.24, 2.45) is 0 Å². The average Bonchev–Trinajstić information content (AvgIpc) is 3.38. The highest BCUT2D eigenvalue weighted by molar-refractivity contribution is 5.76. The van der Waals surface area contributed by atoms with Crippen LogP contribution in [0.3, 0.4) is 0 Å². The Labute approximate surface area is 450 Å². The van der Waals surface area contributed by atoms with Gasteiger partial charge in [-0.25, -0.2) is 0 Å². The molecule has 2 atom stereocenters. The van der Waals surface area contributed by atoms with Gasteiger partial charge < -0.3 is 20.3 Å². The number of carbonyl (C=O) groups excluding carboxylic acids is 2. The molecule has 428 valence electrons. The minimum absolute atomic E-state index is 0.00623. The van der Waals surface area contributed by atoms with E-state index in [0.717, 1.165) is 44.9 Å². The van der Waals surface area contributed by atoms with Crippen molar-refractivity contribution in [2.75, 3.05) is 13.2 Å². The normalized spacial score (nSPS) is 12.6. The molecule has 0 spiro atoms. The molecule has 6 heteroatoms. The Morgan fingerprint density at radius 2 is 0.653 bits per heavy atom. The highest BCUT2D eigenvalue weighted by atomic mass is 16.5. The minimum atomic E-state index is -0.668. The van der Waals surface area contributed by atoms with Crippen molar-refractivity contribution in [3.63, 3.8) is 0 Å². The van der Waals surface area contributed by atoms with E-state index < -0.39 is 12.1 Å². The third-order valence-electron chi connectivity index (χ3n) is 15.6. The lowest BCUT2D eigenvalue weighted by molar-refractivity contribution is -0.143. The molecule has 0 heterocycles. The first-order valence-electron chi connectivity index (χ1n) is 32.9. The molecule has 0 aliphatic carbocycles. The number of rotatable bonds is 62. The fourth-order valence-electron chi connectivity index (χ4n) is 10.5. The summed E-state index contributed by atoms with van der Waals surface area (Å²) < 4.78 is 5.50. The first-order valence-corrected chi connectivity index (χ1v) is 32.9. The maximum atomic E-state index is 12.5. The van der Waals surface area contributed by atoms with Crippen LogP contribution in [0.15, 0.2) is 12.2 Å². The fourth-order valence-corrected chi connectivity index (χ4v) is 10.5. The Hall–Kier alpha value is -1.40. The molecule has 2 unspecified atom stereocenters. The van der Waals surface area contributed by atoms with E-state index in [2.05, 4.69) is 31.3 Å². The maximum Gasteiger partial charge on any atom is 0.305 e. The van der Waals surface area contributed by atoms with Crippen LogP contribution in [0.25, 0.3) is 0 Å². The topological polar surface area (TPSA) is 95.9 Å². The number of hydrogen-bond acceptors (Lipinski definition) is 5. The van der Waals surface area contributed by atoms with Crippen LogP contribution in [0.5, 0.6) is 0 Å². The van der Waals surface area contributed by atoms with E-state index in [9.17, 15) is 19.8 Å². The molecule has 0 saturated carbocycles. The Morgan fingerprint density at radius 3 is 0.986 bits per heavy atom. The Balaban J connectivity index is 3.39. The molecule has 3 N–H and O–H groups in total. The number of allylic oxidation sites excluding steroid dienone is 2. The lowest BCUT2D eigenvalue weighted by Crippen LogP contribution is -2.45. The molecule has 1 amide bonds. The molecule has 0 aromatic rings. The highest BCUT2D eigenvalue weighted by Gasteiger charge is 2.20. The lowest BCUT2D eigenvalue weighted by atomic mass is 10.0. The van der Waals surface area contributed by atoms with Gasteiger partial charge in [0.25, 0.3) is 0 Å². The van der Waals surface area contributed by atoms with Crippen LogP contribution in [-0.4, -0.2) is 47.4 Å². The number of esters is 1. The molecule has 0 saturated heterocycles. The van der Waals surface area contributed by atoms with E-state index in [-0.39, 0.29) is 18.5 Å². The average molecular weight is 1020 g/mol. The second-order valence-corrected chi connectivity index (χ2v) is 22.8. The molecule has 0 rings (SSSR count). The van der Waals surface area contributed by atoms with E-state index in [1.807, 2.05) is 0 Å². The molecule has 6 nitrogen and oxygen atoms in total. The van der Waals surface area contributed by atoms with Gasteiger partial charge in [-0.3, -0.25) is 9.59 Å². The summed E-state index contributed by atoms with van der Waals surface area (Å²) in [5.74, 6) is -0.0300. The van der Waals surface area contributed by atoms with Crippen LogP contribution in [-0.2, 0) is 14.3 Å². The standard InChI is InChI=1S/C66H129NO5/c1-3-5-7-9-11-13-15-17-19-21-23-26-30-34-38-42-46-50-54-58-64(69)63(62-68)67-65(70)59-55-51-47-43-39-35-31-27-25-29-33-37-41-45-49-53-57-61-72-66(71)60-56-52-48-44-40-36-32-28-24-22-20-18-16-14-12-10-8-6-4-2/h18,20,63-64,68-69H,3-17,19,21-62H2,1-2H3,(H,67,70)/b20-18-. The molecule has 0 bridgehead atoms. The van der Waals surface area contributed by atoms with Crippen LogP contribution in [0, 0.1) is 0 Å². The molecule has 0 aliphatic heterocycles. The van der Waals surface area contributed by atoms with Crippen molar-refractivity contribution in [3.8, 4) is 0 Å². The Bertz CT molecular complexity index is 1080. The summed E-state index contributed by atoms with van der Waals surface area (Å²) in [6.45, 7) is 4.97. The number of aliphatic hydroxyl groups is 2. The van der Waals surface area contributed by atoms with Gasteiger partial charge in [0.2, 0.25) is 5.91 Å². The minimum Gasteiger partial charge on any atom is -0.466 e. The van der Waals surface area contributed by atoms with Crippen molar-refractivity contribution in [3.05, 3.63) is 12.2 Å². The molecule has 72 heavy (non-hydrogen) atoms. The van der Waals surface area contributed by atoms with Crippen molar-refractivity contribution in [1.29, 1.82) is 0 Å². The van der Waals surface area contributed by atoms with Gasteiger partial charge in [-0.2, -0.15) is 0 Å². The number of aliphatic hydroxyl groups excluding tert-OH is 2. The summed E-state index contributed by atoms with van der Waals surface area (Å²) in [6.07, 6.45) is 75.1. The summed E-state index contributed by atoms with van der Waals surface area (Å²) in [4.78, 5) is 24.6. The zero-order chi connectivity index (χ0) is 52.2. The highest BCUT2D eigenvalue weighted by Crippen LogP contribution is 2.19. The molecular weight excluding hydrogens is 887 g/mol. The summed E-state index contributed by atoms with van der Waals surface area (Å²) in [5, 5.41) is 23.4. The van der Waals surface area contributed by atoms with Gasteiger partial charge in [-0.15, -0.1) is 0 Å². The second-order valence-electron chi connectivity index (χ2n) is 22.8. The predicted molar refractivity (Wildman–Crippen MR) is 315 cm³/mol. The van der Waals surface area contributed by atoms with E-state index in [4.69, 9.17) is 4.74 Å². The quantitative estimate of drug-likeness (QED) is 0.0320. The van der Waals surface area contributed by atoms with Crippen LogP contribution < -0.4 is 5.32 Å². The largest absolute Gasteiger partial charge is 0.466 e. The maximum absolute atomic E-state index is 12.5. The second kappa shape index (κ2) is 62.1. The number of nitrogens with one attached hydrogen (secondary N) is 1. The number of unbranched alkanes of at least 4 members (excludes halogenated alkanes) is 49. The summed E-state index contributed by atoms with van der Waals surface area (Å²) in [7, 11) is 0.